The van der Waals surface area contributed by atoms with E-state index in [1.807, 2.05) is 38.4 Å². The normalized spacial score (nSPS) is 10.8. The molecule has 0 saturated heterocycles. The third-order valence-electron chi connectivity index (χ3n) is 2.53. The van der Waals surface area contributed by atoms with Crippen LogP contribution < -0.4 is 5.32 Å². The summed E-state index contributed by atoms with van der Waals surface area (Å²) in [5.41, 5.74) is 0.764. The van der Waals surface area contributed by atoms with E-state index in [1.54, 1.807) is 0 Å². The average molecular weight is 299 g/mol. The van der Waals surface area contributed by atoms with Gasteiger partial charge in [0.2, 0.25) is 0 Å². The molecule has 0 atom stereocenters. The number of hydrogen-bond donors (Lipinski definition) is 1. The molecule has 0 aliphatic carbocycles. The first kappa shape index (κ1) is 14.4. The highest BCUT2D eigenvalue weighted by Crippen LogP contribution is 2.12. The summed E-state index contributed by atoms with van der Waals surface area (Å²) in [6.07, 6.45) is 1.05. The number of hydrogen-bond acceptors (Lipinski definition) is 3. The SMILES string of the molecule is CNCCCN(C)CC(=O)c1cccc(Br)c1. The van der Waals surface area contributed by atoms with E-state index >= 15 is 0 Å². The number of nitrogens with one attached hydrogen (secondary N) is 1. The van der Waals surface area contributed by atoms with Crippen LogP contribution in [0.2, 0.25) is 0 Å². The van der Waals surface area contributed by atoms with Gasteiger partial charge in [0.15, 0.2) is 5.78 Å². The molecule has 0 spiro atoms. The van der Waals surface area contributed by atoms with Crippen molar-refractivity contribution in [2.45, 2.75) is 6.42 Å². The third kappa shape index (κ3) is 5.44. The van der Waals surface area contributed by atoms with Gasteiger partial charge in [-0.1, -0.05) is 28.1 Å². The molecule has 0 saturated carbocycles. The highest BCUT2D eigenvalue weighted by Gasteiger charge is 2.09. The van der Waals surface area contributed by atoms with E-state index in [-0.39, 0.29) is 5.78 Å². The fourth-order valence-corrected chi connectivity index (χ4v) is 2.00. The van der Waals surface area contributed by atoms with Crippen molar-refractivity contribution in [3.05, 3.63) is 34.3 Å². The topological polar surface area (TPSA) is 32.3 Å². The molecule has 1 aromatic rings. The maximum atomic E-state index is 12.0. The molecule has 0 aliphatic heterocycles. The van der Waals surface area contributed by atoms with Crippen LogP contribution in [0.25, 0.3) is 0 Å². The van der Waals surface area contributed by atoms with Crippen molar-refractivity contribution >= 4 is 21.7 Å². The zero-order chi connectivity index (χ0) is 12.7. The molecule has 1 aromatic carbocycles. The van der Waals surface area contributed by atoms with E-state index in [2.05, 4.69) is 26.1 Å². The predicted molar refractivity (Wildman–Crippen MR) is 74.5 cm³/mol. The Morgan fingerprint density at radius 3 is 2.88 bits per heavy atom. The third-order valence-corrected chi connectivity index (χ3v) is 3.02. The van der Waals surface area contributed by atoms with Crippen molar-refractivity contribution in [2.75, 3.05) is 33.7 Å². The number of likely N-dealkylation sites (N-methyl/N-ethyl adjacent to an activating group) is 1. The van der Waals surface area contributed by atoms with Gasteiger partial charge < -0.3 is 5.32 Å². The molecule has 17 heavy (non-hydrogen) atoms. The summed E-state index contributed by atoms with van der Waals surface area (Å²) in [6.45, 7) is 2.39. The van der Waals surface area contributed by atoms with Gasteiger partial charge in [0, 0.05) is 10.0 Å². The van der Waals surface area contributed by atoms with Crippen molar-refractivity contribution in [3.63, 3.8) is 0 Å². The van der Waals surface area contributed by atoms with Crippen molar-refractivity contribution in [1.82, 2.24) is 10.2 Å². The van der Waals surface area contributed by atoms with Gasteiger partial charge in [0.25, 0.3) is 0 Å². The molecule has 0 radical (unpaired) electrons. The Hall–Kier alpha value is -0.710. The minimum absolute atomic E-state index is 0.165. The van der Waals surface area contributed by atoms with E-state index in [0.29, 0.717) is 6.54 Å². The second kappa shape index (κ2) is 7.58. The zero-order valence-corrected chi connectivity index (χ0v) is 12.0. The molecular weight excluding hydrogens is 280 g/mol. The molecule has 1 N–H and O–H groups in total. The number of Topliss-reactive ketones (excluding diaryl/α,β-unsaturated/α-hetero) is 1. The molecule has 3 nitrogen and oxygen atoms in total. The van der Waals surface area contributed by atoms with Crippen LogP contribution in [0.15, 0.2) is 28.7 Å². The Morgan fingerprint density at radius 1 is 1.47 bits per heavy atom. The molecule has 1 rings (SSSR count). The summed E-state index contributed by atoms with van der Waals surface area (Å²) in [6, 6.07) is 7.53. The lowest BCUT2D eigenvalue weighted by molar-refractivity contribution is 0.0946. The molecule has 0 bridgehead atoms. The Kier molecular flexibility index (Phi) is 6.40. The van der Waals surface area contributed by atoms with Crippen LogP contribution in [0.1, 0.15) is 16.8 Å². The monoisotopic (exact) mass is 298 g/mol. The van der Waals surface area contributed by atoms with Crippen molar-refractivity contribution in [3.8, 4) is 0 Å². The smallest absolute Gasteiger partial charge is 0.176 e. The maximum Gasteiger partial charge on any atom is 0.176 e. The van der Waals surface area contributed by atoms with Gasteiger partial charge in [-0.15, -0.1) is 0 Å². The van der Waals surface area contributed by atoms with E-state index in [9.17, 15) is 4.79 Å². The second-order valence-corrected chi connectivity index (χ2v) is 5.04. The molecule has 0 aliphatic rings. The van der Waals surface area contributed by atoms with Gasteiger partial charge in [-0.25, -0.2) is 0 Å². The number of nitrogens with zero attached hydrogens (tertiary/aromatic N) is 1. The predicted octanol–water partition coefficient (Wildman–Crippen LogP) is 2.17. The minimum Gasteiger partial charge on any atom is -0.320 e. The molecular formula is C13H19BrN2O. The Bertz CT molecular complexity index is 368. The maximum absolute atomic E-state index is 12.0. The summed E-state index contributed by atoms with van der Waals surface area (Å²) in [5, 5.41) is 3.10. The minimum atomic E-state index is 0.165. The lowest BCUT2D eigenvalue weighted by atomic mass is 10.1. The fraction of sp³-hybridized carbons (Fsp3) is 0.462. The molecule has 0 unspecified atom stereocenters. The summed E-state index contributed by atoms with van der Waals surface area (Å²) >= 11 is 3.37. The summed E-state index contributed by atoms with van der Waals surface area (Å²) in [7, 11) is 3.91. The van der Waals surface area contributed by atoms with Crippen LogP contribution >= 0.6 is 15.9 Å². The molecule has 94 valence electrons. The average Bonchev–Trinajstić information content (AvgIpc) is 2.29. The van der Waals surface area contributed by atoms with Crippen LogP contribution in [-0.2, 0) is 0 Å². The quantitative estimate of drug-likeness (QED) is 0.618. The van der Waals surface area contributed by atoms with Crippen molar-refractivity contribution < 1.29 is 4.79 Å². The highest BCUT2D eigenvalue weighted by atomic mass is 79.9. The number of rotatable bonds is 7. The van der Waals surface area contributed by atoms with E-state index in [1.165, 1.54) is 0 Å². The molecule has 0 aromatic heterocycles. The number of halogens is 1. The van der Waals surface area contributed by atoms with Crippen molar-refractivity contribution in [2.24, 2.45) is 0 Å². The van der Waals surface area contributed by atoms with Crippen LogP contribution in [0, 0.1) is 0 Å². The Labute approximate surface area is 111 Å². The summed E-state index contributed by atoms with van der Waals surface area (Å²) < 4.78 is 0.946. The lowest BCUT2D eigenvalue weighted by Crippen LogP contribution is -2.28. The standard InChI is InChI=1S/C13H19BrN2O/c1-15-7-4-8-16(2)10-13(17)11-5-3-6-12(14)9-11/h3,5-6,9,15H,4,7-8,10H2,1-2H3. The molecule has 4 heteroatoms. The largest absolute Gasteiger partial charge is 0.320 e. The lowest BCUT2D eigenvalue weighted by Gasteiger charge is -2.15. The van der Waals surface area contributed by atoms with Crippen LogP contribution in [0.5, 0.6) is 0 Å². The second-order valence-electron chi connectivity index (χ2n) is 4.13. The van der Waals surface area contributed by atoms with Crippen molar-refractivity contribution in [1.29, 1.82) is 0 Å². The highest BCUT2D eigenvalue weighted by molar-refractivity contribution is 9.10. The first-order valence-corrected chi connectivity index (χ1v) is 6.54. The van der Waals surface area contributed by atoms with E-state index < -0.39 is 0 Å². The van der Waals surface area contributed by atoms with Crippen LogP contribution in [-0.4, -0.2) is 44.4 Å². The molecule has 0 fully saturated rings. The molecule has 0 heterocycles. The summed E-state index contributed by atoms with van der Waals surface area (Å²) in [5.74, 6) is 0.165. The number of benzene rings is 1. The van der Waals surface area contributed by atoms with E-state index in [0.717, 1.165) is 29.5 Å². The Balaban J connectivity index is 2.43. The first-order chi connectivity index (χ1) is 8.13. The van der Waals surface area contributed by atoms with E-state index in [4.69, 9.17) is 0 Å². The fourth-order valence-electron chi connectivity index (χ4n) is 1.60. The van der Waals surface area contributed by atoms with Crippen LogP contribution in [0.4, 0.5) is 0 Å². The summed E-state index contributed by atoms with van der Waals surface area (Å²) in [4.78, 5) is 14.0. The number of ketones is 1. The van der Waals surface area contributed by atoms with Gasteiger partial charge in [0.1, 0.15) is 0 Å². The van der Waals surface area contributed by atoms with Gasteiger partial charge in [-0.3, -0.25) is 9.69 Å². The van der Waals surface area contributed by atoms with Gasteiger partial charge >= 0.3 is 0 Å². The zero-order valence-electron chi connectivity index (χ0n) is 10.4. The number of carbonyl (C=O) groups is 1. The van der Waals surface area contributed by atoms with Gasteiger partial charge in [0.05, 0.1) is 6.54 Å². The van der Waals surface area contributed by atoms with Gasteiger partial charge in [-0.05, 0) is 45.7 Å². The molecule has 0 amide bonds. The Morgan fingerprint density at radius 2 is 2.24 bits per heavy atom. The van der Waals surface area contributed by atoms with Gasteiger partial charge in [-0.2, -0.15) is 0 Å². The first-order valence-electron chi connectivity index (χ1n) is 5.75. The number of carbonyl (C=O) groups excluding carboxylic acids is 1. The van der Waals surface area contributed by atoms with Crippen LogP contribution in [0.3, 0.4) is 0 Å².